The summed E-state index contributed by atoms with van der Waals surface area (Å²) in [5, 5.41) is 1.11. The number of nitrogens with zero attached hydrogens (tertiary/aromatic N) is 1. The fourth-order valence-corrected chi connectivity index (χ4v) is 3.10. The van der Waals surface area contributed by atoms with Gasteiger partial charge in [-0.3, -0.25) is 0 Å². The van der Waals surface area contributed by atoms with Crippen LogP contribution >= 0.6 is 0 Å². The van der Waals surface area contributed by atoms with Crippen LogP contribution in [0.2, 0.25) is 0 Å². The Hall–Kier alpha value is -3.60. The Morgan fingerprint density at radius 3 is 2.62 bits per heavy atom. The van der Waals surface area contributed by atoms with Crippen LogP contribution in [0.5, 0.6) is 5.75 Å². The van der Waals surface area contributed by atoms with Gasteiger partial charge in [0.25, 0.3) is 0 Å². The number of furan rings is 1. The van der Waals surface area contributed by atoms with Crippen molar-refractivity contribution in [2.24, 2.45) is 0 Å². The third-order valence-corrected chi connectivity index (χ3v) is 4.59. The Morgan fingerprint density at radius 2 is 1.83 bits per heavy atom. The second-order valence-electron chi connectivity index (χ2n) is 6.61. The summed E-state index contributed by atoms with van der Waals surface area (Å²) in [7, 11) is 0. The number of aryl methyl sites for hydroxylation is 1. The van der Waals surface area contributed by atoms with E-state index in [-0.39, 0.29) is 5.97 Å². The second-order valence-corrected chi connectivity index (χ2v) is 6.61. The number of carbonyl (C=O) groups excluding carboxylic acids is 1. The predicted octanol–water partition coefficient (Wildman–Crippen LogP) is 5.56. The van der Waals surface area contributed by atoms with E-state index in [0.717, 1.165) is 27.9 Å². The Morgan fingerprint density at radius 1 is 1.03 bits per heavy atom. The molecule has 5 nitrogen and oxygen atoms in total. The first-order valence-corrected chi connectivity index (χ1v) is 9.49. The number of hydrogen-bond donors (Lipinski definition) is 0. The molecular formula is C24H21NO4. The summed E-state index contributed by atoms with van der Waals surface area (Å²) in [6, 6.07) is 21.3. The Balaban J connectivity index is 1.45. The van der Waals surface area contributed by atoms with E-state index in [0.29, 0.717) is 30.3 Å². The van der Waals surface area contributed by atoms with Crippen molar-refractivity contribution in [1.82, 2.24) is 4.98 Å². The van der Waals surface area contributed by atoms with Gasteiger partial charge in [0.05, 0.1) is 17.8 Å². The molecule has 5 heteroatoms. The quantitative estimate of drug-likeness (QED) is 0.405. The fraction of sp³-hybridized carbons (Fsp3) is 0.167. The van der Waals surface area contributed by atoms with Crippen LogP contribution in [0.3, 0.4) is 0 Å². The topological polar surface area (TPSA) is 61.6 Å². The molecule has 4 aromatic rings. The summed E-state index contributed by atoms with van der Waals surface area (Å²) in [6.07, 6.45) is 0. The van der Waals surface area contributed by atoms with Gasteiger partial charge in [-0.2, -0.15) is 0 Å². The van der Waals surface area contributed by atoms with Crippen LogP contribution in [-0.2, 0) is 11.3 Å². The number of fused-ring (bicyclic) bond motifs is 1. The van der Waals surface area contributed by atoms with Crippen LogP contribution in [0, 0.1) is 6.92 Å². The maximum Gasteiger partial charge on any atom is 0.341 e. The van der Waals surface area contributed by atoms with Crippen LogP contribution in [0.4, 0.5) is 0 Å². The van der Waals surface area contributed by atoms with Crippen molar-refractivity contribution in [3.8, 4) is 17.1 Å². The first-order chi connectivity index (χ1) is 14.1. The maximum atomic E-state index is 12.0. The van der Waals surface area contributed by atoms with Crippen molar-refractivity contribution in [1.29, 1.82) is 0 Å². The smallest absolute Gasteiger partial charge is 0.341 e. The van der Waals surface area contributed by atoms with Gasteiger partial charge in [0.2, 0.25) is 0 Å². The van der Waals surface area contributed by atoms with Crippen molar-refractivity contribution >= 4 is 16.9 Å². The molecule has 0 N–H and O–H groups in total. The van der Waals surface area contributed by atoms with Crippen molar-refractivity contribution < 1.29 is 18.7 Å². The summed E-state index contributed by atoms with van der Waals surface area (Å²) in [6.45, 7) is 4.25. The van der Waals surface area contributed by atoms with E-state index in [1.807, 2.05) is 60.7 Å². The van der Waals surface area contributed by atoms with Gasteiger partial charge < -0.3 is 13.9 Å². The van der Waals surface area contributed by atoms with Crippen molar-refractivity contribution in [2.45, 2.75) is 20.5 Å². The van der Waals surface area contributed by atoms with Gasteiger partial charge in [0.15, 0.2) is 0 Å². The molecular weight excluding hydrogens is 366 g/mol. The molecule has 0 fully saturated rings. The van der Waals surface area contributed by atoms with Crippen LogP contribution in [-0.4, -0.2) is 17.6 Å². The van der Waals surface area contributed by atoms with E-state index < -0.39 is 0 Å². The van der Waals surface area contributed by atoms with Gasteiger partial charge in [-0.1, -0.05) is 24.3 Å². The van der Waals surface area contributed by atoms with Gasteiger partial charge >= 0.3 is 5.97 Å². The zero-order valence-corrected chi connectivity index (χ0v) is 16.3. The van der Waals surface area contributed by atoms with Crippen molar-refractivity contribution in [2.75, 3.05) is 6.61 Å². The zero-order valence-electron chi connectivity index (χ0n) is 16.3. The first-order valence-electron chi connectivity index (χ1n) is 9.49. The molecule has 4 rings (SSSR count). The Kier molecular flexibility index (Phi) is 5.29. The van der Waals surface area contributed by atoms with Gasteiger partial charge in [0.1, 0.15) is 29.4 Å². The molecule has 146 valence electrons. The molecule has 0 amide bonds. The van der Waals surface area contributed by atoms with Crippen LogP contribution in [0.15, 0.2) is 71.1 Å². The third-order valence-electron chi connectivity index (χ3n) is 4.59. The minimum atomic E-state index is -0.372. The number of hydrogen-bond acceptors (Lipinski definition) is 5. The van der Waals surface area contributed by atoms with E-state index in [4.69, 9.17) is 13.9 Å². The second kappa shape index (κ2) is 8.19. The molecule has 2 heterocycles. The SMILES string of the molecule is CCOC(=O)c1cc(-c2ccc(OCc3ccc4ccccc4n3)cc2)oc1C. The number of benzene rings is 2. The number of carbonyl (C=O) groups is 1. The average Bonchev–Trinajstić information content (AvgIpc) is 3.14. The number of esters is 1. The summed E-state index contributed by atoms with van der Waals surface area (Å²) < 4.78 is 16.6. The summed E-state index contributed by atoms with van der Waals surface area (Å²) in [5.74, 6) is 1.52. The highest BCUT2D eigenvalue weighted by Crippen LogP contribution is 2.28. The molecule has 0 unspecified atom stereocenters. The summed E-state index contributed by atoms with van der Waals surface area (Å²) >= 11 is 0. The van der Waals surface area contributed by atoms with E-state index in [1.54, 1.807) is 19.9 Å². The predicted molar refractivity (Wildman–Crippen MR) is 111 cm³/mol. The molecule has 2 aromatic carbocycles. The van der Waals surface area contributed by atoms with Crippen LogP contribution < -0.4 is 4.74 Å². The van der Waals surface area contributed by atoms with Gasteiger partial charge in [-0.05, 0) is 56.3 Å². The minimum Gasteiger partial charge on any atom is -0.487 e. The lowest BCUT2D eigenvalue weighted by Gasteiger charge is -2.07. The number of aromatic nitrogens is 1. The normalized spacial score (nSPS) is 10.8. The molecule has 2 aromatic heterocycles. The zero-order chi connectivity index (χ0) is 20.2. The fourth-order valence-electron chi connectivity index (χ4n) is 3.10. The van der Waals surface area contributed by atoms with Gasteiger partial charge in [-0.25, -0.2) is 9.78 Å². The molecule has 0 spiro atoms. The average molecular weight is 387 g/mol. The Bertz CT molecular complexity index is 1150. The monoisotopic (exact) mass is 387 g/mol. The maximum absolute atomic E-state index is 12.0. The molecule has 29 heavy (non-hydrogen) atoms. The first kappa shape index (κ1) is 18.7. The van der Waals surface area contributed by atoms with E-state index in [1.165, 1.54) is 0 Å². The molecule has 0 aliphatic rings. The van der Waals surface area contributed by atoms with Crippen molar-refractivity contribution in [3.05, 3.63) is 83.7 Å². The lowest BCUT2D eigenvalue weighted by Crippen LogP contribution is -2.04. The van der Waals surface area contributed by atoms with Crippen LogP contribution in [0.25, 0.3) is 22.2 Å². The van der Waals surface area contributed by atoms with Gasteiger partial charge in [0, 0.05) is 10.9 Å². The standard InChI is InChI=1S/C24H21NO4/c1-3-27-24(26)21-14-23(29-16(21)2)18-9-12-20(13-10-18)28-15-19-11-8-17-6-4-5-7-22(17)25-19/h4-14H,3,15H2,1-2H3. The van der Waals surface area contributed by atoms with E-state index >= 15 is 0 Å². The summed E-state index contributed by atoms with van der Waals surface area (Å²) in [4.78, 5) is 16.6. The minimum absolute atomic E-state index is 0.330. The highest BCUT2D eigenvalue weighted by molar-refractivity contribution is 5.91. The largest absolute Gasteiger partial charge is 0.487 e. The number of ether oxygens (including phenoxy) is 2. The number of rotatable bonds is 6. The molecule has 0 bridgehead atoms. The molecule has 0 saturated carbocycles. The highest BCUT2D eigenvalue weighted by Gasteiger charge is 2.16. The molecule has 0 saturated heterocycles. The van der Waals surface area contributed by atoms with E-state index in [2.05, 4.69) is 4.98 Å². The highest BCUT2D eigenvalue weighted by atomic mass is 16.5. The van der Waals surface area contributed by atoms with Crippen LogP contribution in [0.1, 0.15) is 28.7 Å². The molecule has 0 radical (unpaired) electrons. The lowest BCUT2D eigenvalue weighted by molar-refractivity contribution is 0.0524. The van der Waals surface area contributed by atoms with Crippen molar-refractivity contribution in [3.63, 3.8) is 0 Å². The Labute approximate surface area is 168 Å². The molecule has 0 aliphatic heterocycles. The number of pyridine rings is 1. The molecule has 0 aliphatic carbocycles. The summed E-state index contributed by atoms with van der Waals surface area (Å²) in [5.41, 5.74) is 3.13. The number of para-hydroxylation sites is 1. The third kappa shape index (κ3) is 4.14. The van der Waals surface area contributed by atoms with E-state index in [9.17, 15) is 4.79 Å². The molecule has 0 atom stereocenters. The van der Waals surface area contributed by atoms with Gasteiger partial charge in [-0.15, -0.1) is 0 Å². The lowest BCUT2D eigenvalue weighted by atomic mass is 10.1.